The molecule has 2 rings (SSSR count). The molecule has 6 heteroatoms. The number of amides is 2. The van der Waals surface area contributed by atoms with Gasteiger partial charge in [0.1, 0.15) is 0 Å². The summed E-state index contributed by atoms with van der Waals surface area (Å²) in [6.07, 6.45) is 0.941. The number of nitrogens with zero attached hydrogens (tertiary/aromatic N) is 1. The first kappa shape index (κ1) is 19.9. The average molecular weight is 374 g/mol. The number of nitrogens with one attached hydrogen (secondary N) is 2. The fourth-order valence-corrected chi connectivity index (χ4v) is 2.61. The Kier molecular flexibility index (Phi) is 8.12. The fourth-order valence-electron chi connectivity index (χ4n) is 2.49. The minimum Gasteiger partial charge on any atom is -0.355 e. The van der Waals surface area contributed by atoms with Crippen LogP contribution < -0.4 is 10.6 Å². The number of likely N-dealkylation sites (N-methyl/N-ethyl adjacent to an activating group) is 1. The van der Waals surface area contributed by atoms with Crippen LogP contribution in [0.2, 0.25) is 5.02 Å². The Morgan fingerprint density at radius 3 is 2.38 bits per heavy atom. The van der Waals surface area contributed by atoms with Gasteiger partial charge in [-0.15, -0.1) is 0 Å². The van der Waals surface area contributed by atoms with E-state index in [4.69, 9.17) is 11.6 Å². The standard InChI is InChI=1S/C20H24ClN3O2/c1-24(14-16-6-3-2-4-7-16)15-20(26)22-13-5-8-19(25)23-18-11-9-17(21)10-12-18/h2-4,6-7,9-12H,5,8,13-15H2,1H3,(H,22,26)(H,23,25). The van der Waals surface area contributed by atoms with Crippen molar-refractivity contribution in [3.05, 3.63) is 65.2 Å². The maximum atomic E-state index is 11.9. The van der Waals surface area contributed by atoms with Gasteiger partial charge in [0, 0.05) is 30.2 Å². The maximum absolute atomic E-state index is 11.9. The van der Waals surface area contributed by atoms with Crippen molar-refractivity contribution in [3.63, 3.8) is 0 Å². The summed E-state index contributed by atoms with van der Waals surface area (Å²) in [6.45, 7) is 1.52. The van der Waals surface area contributed by atoms with Crippen LogP contribution >= 0.6 is 11.6 Å². The lowest BCUT2D eigenvalue weighted by atomic mass is 10.2. The molecule has 0 aromatic heterocycles. The number of halogens is 1. The molecular weight excluding hydrogens is 350 g/mol. The molecule has 0 unspecified atom stereocenters. The largest absolute Gasteiger partial charge is 0.355 e. The van der Waals surface area contributed by atoms with E-state index in [1.54, 1.807) is 24.3 Å². The van der Waals surface area contributed by atoms with Crippen molar-refractivity contribution in [3.8, 4) is 0 Å². The average Bonchev–Trinajstić information content (AvgIpc) is 2.61. The Labute approximate surface area is 159 Å². The highest BCUT2D eigenvalue weighted by Crippen LogP contribution is 2.13. The topological polar surface area (TPSA) is 61.4 Å². The molecule has 0 heterocycles. The maximum Gasteiger partial charge on any atom is 0.234 e. The van der Waals surface area contributed by atoms with Gasteiger partial charge in [-0.25, -0.2) is 0 Å². The summed E-state index contributed by atoms with van der Waals surface area (Å²) in [4.78, 5) is 25.8. The zero-order valence-electron chi connectivity index (χ0n) is 14.9. The number of hydrogen-bond donors (Lipinski definition) is 2. The van der Waals surface area contributed by atoms with Crippen LogP contribution in [-0.4, -0.2) is 36.9 Å². The summed E-state index contributed by atoms with van der Waals surface area (Å²) in [6, 6.07) is 17.0. The molecule has 138 valence electrons. The first-order chi connectivity index (χ1) is 12.5. The van der Waals surface area contributed by atoms with Crippen LogP contribution in [0.1, 0.15) is 18.4 Å². The van der Waals surface area contributed by atoms with Gasteiger partial charge >= 0.3 is 0 Å². The Bertz CT molecular complexity index is 705. The molecule has 0 bridgehead atoms. The van der Waals surface area contributed by atoms with E-state index >= 15 is 0 Å². The third-order valence-corrected chi connectivity index (χ3v) is 3.99. The van der Waals surface area contributed by atoms with Crippen LogP contribution in [0.25, 0.3) is 0 Å². The smallest absolute Gasteiger partial charge is 0.234 e. The molecule has 0 atom stereocenters. The van der Waals surface area contributed by atoms with Gasteiger partial charge in [-0.3, -0.25) is 14.5 Å². The van der Waals surface area contributed by atoms with Crippen LogP contribution in [0.5, 0.6) is 0 Å². The SMILES string of the molecule is CN(CC(=O)NCCCC(=O)Nc1ccc(Cl)cc1)Cc1ccccc1. The summed E-state index contributed by atoms with van der Waals surface area (Å²) in [7, 11) is 1.91. The van der Waals surface area contributed by atoms with Gasteiger partial charge in [-0.05, 0) is 43.3 Å². The van der Waals surface area contributed by atoms with E-state index in [2.05, 4.69) is 10.6 Å². The van der Waals surface area contributed by atoms with E-state index in [1.807, 2.05) is 42.3 Å². The van der Waals surface area contributed by atoms with Gasteiger partial charge in [0.15, 0.2) is 0 Å². The first-order valence-corrected chi connectivity index (χ1v) is 8.95. The molecule has 2 amide bonds. The molecule has 0 fully saturated rings. The molecule has 0 aliphatic heterocycles. The van der Waals surface area contributed by atoms with Crippen LogP contribution in [0.4, 0.5) is 5.69 Å². The van der Waals surface area contributed by atoms with Crippen molar-refractivity contribution in [1.82, 2.24) is 10.2 Å². The molecule has 5 nitrogen and oxygen atoms in total. The lowest BCUT2D eigenvalue weighted by Gasteiger charge is -2.16. The highest BCUT2D eigenvalue weighted by Gasteiger charge is 2.07. The Balaban J connectivity index is 1.59. The van der Waals surface area contributed by atoms with E-state index in [1.165, 1.54) is 5.56 Å². The molecule has 2 aromatic carbocycles. The summed E-state index contributed by atoms with van der Waals surface area (Å²) < 4.78 is 0. The Morgan fingerprint density at radius 2 is 1.69 bits per heavy atom. The summed E-state index contributed by atoms with van der Waals surface area (Å²) >= 11 is 5.81. The van der Waals surface area contributed by atoms with Crippen molar-refractivity contribution < 1.29 is 9.59 Å². The molecule has 0 saturated carbocycles. The number of benzene rings is 2. The van der Waals surface area contributed by atoms with Gasteiger partial charge in [-0.2, -0.15) is 0 Å². The first-order valence-electron chi connectivity index (χ1n) is 8.57. The number of carbonyl (C=O) groups is 2. The minimum absolute atomic E-state index is 0.0402. The molecule has 2 aromatic rings. The van der Waals surface area contributed by atoms with Crippen LogP contribution in [0.15, 0.2) is 54.6 Å². The lowest BCUT2D eigenvalue weighted by Crippen LogP contribution is -2.35. The lowest BCUT2D eigenvalue weighted by molar-refractivity contribution is -0.122. The van der Waals surface area contributed by atoms with Gasteiger partial charge in [0.2, 0.25) is 11.8 Å². The quantitative estimate of drug-likeness (QED) is 0.663. The van der Waals surface area contributed by atoms with Crippen molar-refractivity contribution in [1.29, 1.82) is 0 Å². The van der Waals surface area contributed by atoms with Gasteiger partial charge in [0.25, 0.3) is 0 Å². The second kappa shape index (κ2) is 10.6. The molecule has 0 spiro atoms. The van der Waals surface area contributed by atoms with Crippen LogP contribution in [0.3, 0.4) is 0 Å². The minimum atomic E-state index is -0.0808. The molecular formula is C20H24ClN3O2. The molecule has 0 aliphatic carbocycles. The summed E-state index contributed by atoms with van der Waals surface area (Å²) in [5.74, 6) is -0.121. The number of rotatable bonds is 9. The molecule has 2 N–H and O–H groups in total. The van der Waals surface area contributed by atoms with E-state index in [-0.39, 0.29) is 11.8 Å². The number of anilines is 1. The molecule has 0 radical (unpaired) electrons. The molecule has 0 aliphatic rings. The van der Waals surface area contributed by atoms with Crippen molar-refractivity contribution in [2.45, 2.75) is 19.4 Å². The van der Waals surface area contributed by atoms with E-state index in [0.29, 0.717) is 36.6 Å². The van der Waals surface area contributed by atoms with E-state index in [9.17, 15) is 9.59 Å². The Morgan fingerprint density at radius 1 is 1.00 bits per heavy atom. The second-order valence-corrected chi connectivity index (χ2v) is 6.60. The highest BCUT2D eigenvalue weighted by molar-refractivity contribution is 6.30. The zero-order valence-corrected chi connectivity index (χ0v) is 15.6. The van der Waals surface area contributed by atoms with Crippen molar-refractivity contribution >= 4 is 29.1 Å². The van der Waals surface area contributed by atoms with Gasteiger partial charge < -0.3 is 10.6 Å². The normalized spacial score (nSPS) is 10.6. The van der Waals surface area contributed by atoms with E-state index < -0.39 is 0 Å². The predicted octanol–water partition coefficient (Wildman–Crippen LogP) is 3.31. The highest BCUT2D eigenvalue weighted by atomic mass is 35.5. The third kappa shape index (κ3) is 7.68. The second-order valence-electron chi connectivity index (χ2n) is 6.17. The monoisotopic (exact) mass is 373 g/mol. The number of carbonyl (C=O) groups excluding carboxylic acids is 2. The van der Waals surface area contributed by atoms with Gasteiger partial charge in [0.05, 0.1) is 6.54 Å². The van der Waals surface area contributed by atoms with E-state index in [0.717, 1.165) is 6.54 Å². The van der Waals surface area contributed by atoms with Crippen molar-refractivity contribution in [2.24, 2.45) is 0 Å². The predicted molar refractivity (Wildman–Crippen MR) is 105 cm³/mol. The Hall–Kier alpha value is -2.37. The number of hydrogen-bond acceptors (Lipinski definition) is 3. The summed E-state index contributed by atoms with van der Waals surface area (Å²) in [5, 5.41) is 6.27. The third-order valence-electron chi connectivity index (χ3n) is 3.74. The van der Waals surface area contributed by atoms with Crippen LogP contribution in [0, 0.1) is 0 Å². The summed E-state index contributed by atoms with van der Waals surface area (Å²) in [5.41, 5.74) is 1.88. The molecule has 26 heavy (non-hydrogen) atoms. The molecule has 0 saturated heterocycles. The van der Waals surface area contributed by atoms with Crippen molar-refractivity contribution in [2.75, 3.05) is 25.5 Å². The van der Waals surface area contributed by atoms with Gasteiger partial charge in [-0.1, -0.05) is 41.9 Å². The fraction of sp³-hybridized carbons (Fsp3) is 0.300. The van der Waals surface area contributed by atoms with Crippen LogP contribution in [-0.2, 0) is 16.1 Å². The zero-order chi connectivity index (χ0) is 18.8.